The summed E-state index contributed by atoms with van der Waals surface area (Å²) >= 11 is 0. The van der Waals surface area contributed by atoms with Crippen LogP contribution in [0.1, 0.15) is 26.3 Å². The molecular weight excluding hydrogens is 372 g/mol. The number of carbonyl (C=O) groups is 1. The van der Waals surface area contributed by atoms with Crippen LogP contribution >= 0.6 is 0 Å². The molecular formula is C18H28N2O8. The Morgan fingerprint density at radius 1 is 1.14 bits per heavy atom. The summed E-state index contributed by atoms with van der Waals surface area (Å²) in [6.07, 6.45) is -0.629. The van der Waals surface area contributed by atoms with Crippen molar-refractivity contribution in [3.05, 3.63) is 33.9 Å². The zero-order chi connectivity index (χ0) is 21.0. The van der Waals surface area contributed by atoms with Crippen molar-refractivity contribution in [2.45, 2.75) is 32.9 Å². The van der Waals surface area contributed by atoms with Crippen LogP contribution in [0.15, 0.2) is 18.2 Å². The number of alkyl carbamates (subject to hydrolysis) is 1. The molecule has 0 aliphatic heterocycles. The number of ether oxygens (including phenoxy) is 4. The van der Waals surface area contributed by atoms with E-state index in [2.05, 4.69) is 5.32 Å². The first-order valence-corrected chi connectivity index (χ1v) is 8.87. The SMILES string of the molecule is CC(C)(C)OC(=O)NCc1cccc([N+](=O)[O-])c1OCCOCCOCCO. The lowest BCUT2D eigenvalue weighted by molar-refractivity contribution is -0.386. The highest BCUT2D eigenvalue weighted by atomic mass is 16.6. The summed E-state index contributed by atoms with van der Waals surface area (Å²) in [7, 11) is 0. The number of nitro benzene ring substituents is 1. The van der Waals surface area contributed by atoms with E-state index in [0.717, 1.165) is 0 Å². The van der Waals surface area contributed by atoms with Crippen LogP contribution in [0.4, 0.5) is 10.5 Å². The third kappa shape index (κ3) is 9.49. The molecule has 0 fully saturated rings. The van der Waals surface area contributed by atoms with Crippen LogP contribution in [0, 0.1) is 10.1 Å². The Hall–Kier alpha value is -2.43. The van der Waals surface area contributed by atoms with Gasteiger partial charge in [0, 0.05) is 11.6 Å². The topological polar surface area (TPSA) is 129 Å². The fourth-order valence-corrected chi connectivity index (χ4v) is 2.09. The van der Waals surface area contributed by atoms with Gasteiger partial charge in [-0.2, -0.15) is 0 Å². The molecule has 0 aromatic heterocycles. The zero-order valence-electron chi connectivity index (χ0n) is 16.4. The Labute approximate surface area is 163 Å². The second-order valence-electron chi connectivity index (χ2n) is 6.67. The third-order valence-electron chi connectivity index (χ3n) is 3.18. The number of rotatable bonds is 12. The van der Waals surface area contributed by atoms with Gasteiger partial charge in [-0.25, -0.2) is 4.79 Å². The van der Waals surface area contributed by atoms with E-state index in [4.69, 9.17) is 24.1 Å². The lowest BCUT2D eigenvalue weighted by Gasteiger charge is -2.20. The van der Waals surface area contributed by atoms with Gasteiger partial charge in [-0.15, -0.1) is 0 Å². The van der Waals surface area contributed by atoms with Crippen molar-refractivity contribution in [2.24, 2.45) is 0 Å². The van der Waals surface area contributed by atoms with E-state index >= 15 is 0 Å². The summed E-state index contributed by atoms with van der Waals surface area (Å²) in [5.41, 5.74) is -0.397. The Morgan fingerprint density at radius 2 is 1.79 bits per heavy atom. The smallest absolute Gasteiger partial charge is 0.407 e. The minimum atomic E-state index is -0.648. The molecule has 0 saturated carbocycles. The summed E-state index contributed by atoms with van der Waals surface area (Å²) in [6.45, 7) is 6.35. The highest BCUT2D eigenvalue weighted by Crippen LogP contribution is 2.31. The van der Waals surface area contributed by atoms with E-state index in [-0.39, 0.29) is 44.4 Å². The number of para-hydroxylation sites is 1. The van der Waals surface area contributed by atoms with Gasteiger partial charge in [0.1, 0.15) is 12.2 Å². The molecule has 158 valence electrons. The number of amides is 1. The van der Waals surface area contributed by atoms with Crippen LogP contribution < -0.4 is 10.1 Å². The molecule has 2 N–H and O–H groups in total. The lowest BCUT2D eigenvalue weighted by Crippen LogP contribution is -2.32. The van der Waals surface area contributed by atoms with Gasteiger partial charge in [-0.1, -0.05) is 12.1 Å². The Bertz CT molecular complexity index is 631. The first-order chi connectivity index (χ1) is 13.2. The molecule has 0 unspecified atom stereocenters. The minimum absolute atomic E-state index is 0.0157. The van der Waals surface area contributed by atoms with Gasteiger partial charge < -0.3 is 29.4 Å². The van der Waals surface area contributed by atoms with Crippen molar-refractivity contribution in [3.63, 3.8) is 0 Å². The molecule has 0 aliphatic rings. The molecule has 1 amide bonds. The van der Waals surface area contributed by atoms with Gasteiger partial charge >= 0.3 is 11.8 Å². The summed E-state index contributed by atoms with van der Waals surface area (Å²) < 4.78 is 21.1. The van der Waals surface area contributed by atoms with E-state index in [1.54, 1.807) is 26.8 Å². The Morgan fingerprint density at radius 3 is 2.39 bits per heavy atom. The van der Waals surface area contributed by atoms with Crippen LogP contribution in [-0.4, -0.2) is 61.4 Å². The molecule has 0 atom stereocenters. The standard InChI is InChI=1S/C18H28N2O8/c1-18(2,3)28-17(22)19-13-14-5-4-6-15(20(23)24)16(14)27-12-11-26-10-9-25-8-7-21/h4-6,21H,7-13H2,1-3H3,(H,19,22). The molecule has 0 spiro atoms. The molecule has 1 aromatic rings. The second kappa shape index (κ2) is 12.1. The van der Waals surface area contributed by atoms with Crippen LogP contribution in [0.3, 0.4) is 0 Å². The number of carbonyl (C=O) groups excluding carboxylic acids is 1. The van der Waals surface area contributed by atoms with Gasteiger partial charge in [0.15, 0.2) is 0 Å². The third-order valence-corrected chi connectivity index (χ3v) is 3.18. The number of nitro groups is 1. The predicted molar refractivity (Wildman–Crippen MR) is 100 cm³/mol. The van der Waals surface area contributed by atoms with Crippen LogP contribution in [-0.2, 0) is 20.8 Å². The summed E-state index contributed by atoms with van der Waals surface area (Å²) in [5, 5.41) is 22.4. The molecule has 10 heteroatoms. The monoisotopic (exact) mass is 400 g/mol. The fraction of sp³-hybridized carbons (Fsp3) is 0.611. The first-order valence-electron chi connectivity index (χ1n) is 8.87. The largest absolute Gasteiger partial charge is 0.484 e. The highest BCUT2D eigenvalue weighted by molar-refractivity contribution is 5.68. The molecule has 28 heavy (non-hydrogen) atoms. The van der Waals surface area contributed by atoms with E-state index in [9.17, 15) is 14.9 Å². The van der Waals surface area contributed by atoms with E-state index in [1.807, 2.05) is 0 Å². The molecule has 1 rings (SSSR count). The molecule has 0 aliphatic carbocycles. The van der Waals surface area contributed by atoms with Crippen LogP contribution in [0.2, 0.25) is 0 Å². The average molecular weight is 400 g/mol. The van der Waals surface area contributed by atoms with E-state index < -0.39 is 16.6 Å². The molecule has 0 bridgehead atoms. The minimum Gasteiger partial charge on any atom is -0.484 e. The maximum absolute atomic E-state index is 11.8. The molecule has 0 radical (unpaired) electrons. The van der Waals surface area contributed by atoms with Crippen molar-refractivity contribution in [1.82, 2.24) is 5.32 Å². The Kier molecular flexibility index (Phi) is 10.2. The number of hydrogen-bond acceptors (Lipinski definition) is 8. The van der Waals surface area contributed by atoms with Gasteiger partial charge in [0.05, 0.1) is 44.5 Å². The van der Waals surface area contributed by atoms with E-state index in [0.29, 0.717) is 18.8 Å². The number of nitrogens with one attached hydrogen (secondary N) is 1. The quantitative estimate of drug-likeness (QED) is 0.310. The molecule has 1 aromatic carbocycles. The number of nitrogens with zero attached hydrogens (tertiary/aromatic N) is 1. The lowest BCUT2D eigenvalue weighted by atomic mass is 10.1. The normalized spacial score (nSPS) is 11.1. The second-order valence-corrected chi connectivity index (χ2v) is 6.67. The number of aliphatic hydroxyl groups excluding tert-OH is 1. The first kappa shape index (κ1) is 23.6. The number of benzene rings is 1. The van der Waals surface area contributed by atoms with E-state index in [1.165, 1.54) is 12.1 Å². The maximum Gasteiger partial charge on any atom is 0.407 e. The molecule has 10 nitrogen and oxygen atoms in total. The maximum atomic E-state index is 11.8. The van der Waals surface area contributed by atoms with Crippen molar-refractivity contribution >= 4 is 11.8 Å². The zero-order valence-corrected chi connectivity index (χ0v) is 16.4. The predicted octanol–water partition coefficient (Wildman–Crippen LogP) is 2.02. The summed E-state index contributed by atoms with van der Waals surface area (Å²) in [5.74, 6) is 0.0729. The van der Waals surface area contributed by atoms with Gasteiger partial charge in [-0.05, 0) is 20.8 Å². The highest BCUT2D eigenvalue weighted by Gasteiger charge is 2.21. The average Bonchev–Trinajstić information content (AvgIpc) is 2.61. The number of aliphatic hydroxyl groups is 1. The summed E-state index contributed by atoms with van der Waals surface area (Å²) in [6, 6.07) is 4.48. The molecule has 0 heterocycles. The van der Waals surface area contributed by atoms with Crippen molar-refractivity contribution in [1.29, 1.82) is 0 Å². The number of hydrogen-bond donors (Lipinski definition) is 2. The van der Waals surface area contributed by atoms with Gasteiger partial charge in [-0.3, -0.25) is 10.1 Å². The van der Waals surface area contributed by atoms with Crippen LogP contribution in [0.5, 0.6) is 5.75 Å². The van der Waals surface area contributed by atoms with Gasteiger partial charge in [0.25, 0.3) is 0 Å². The Balaban J connectivity index is 2.62. The van der Waals surface area contributed by atoms with Crippen molar-refractivity contribution < 1.29 is 33.8 Å². The fourth-order valence-electron chi connectivity index (χ4n) is 2.09. The van der Waals surface area contributed by atoms with Crippen molar-refractivity contribution in [2.75, 3.05) is 39.6 Å². The van der Waals surface area contributed by atoms with Crippen molar-refractivity contribution in [3.8, 4) is 5.75 Å². The van der Waals surface area contributed by atoms with Gasteiger partial charge in [0.2, 0.25) is 5.75 Å². The molecule has 0 saturated heterocycles. The van der Waals surface area contributed by atoms with Crippen LogP contribution in [0.25, 0.3) is 0 Å². The summed E-state index contributed by atoms with van der Waals surface area (Å²) in [4.78, 5) is 22.5.